The van der Waals surface area contributed by atoms with Crippen LogP contribution in [-0.2, 0) is 11.2 Å². The van der Waals surface area contributed by atoms with Crippen LogP contribution in [0.5, 0.6) is 5.75 Å². The fourth-order valence-electron chi connectivity index (χ4n) is 3.19. The molecule has 0 amide bonds. The van der Waals surface area contributed by atoms with Gasteiger partial charge in [0.2, 0.25) is 0 Å². The molecule has 3 nitrogen and oxygen atoms in total. The second-order valence-electron chi connectivity index (χ2n) is 6.78. The zero-order chi connectivity index (χ0) is 17.3. The van der Waals surface area contributed by atoms with E-state index in [2.05, 4.69) is 66.8 Å². The summed E-state index contributed by atoms with van der Waals surface area (Å²) in [5.41, 5.74) is 2.70. The smallest absolute Gasteiger partial charge is 0.119 e. The molecule has 1 fully saturated rings. The van der Waals surface area contributed by atoms with Gasteiger partial charge in [-0.2, -0.15) is 0 Å². The predicted octanol–water partition coefficient (Wildman–Crippen LogP) is 4.53. The number of hydrogen-bond acceptors (Lipinski definition) is 3. The third-order valence-electron chi connectivity index (χ3n) is 4.78. The highest BCUT2D eigenvalue weighted by Crippen LogP contribution is 2.19. The van der Waals surface area contributed by atoms with Crippen LogP contribution < -0.4 is 10.1 Å². The maximum atomic E-state index is 5.83. The Morgan fingerprint density at radius 3 is 2.64 bits per heavy atom. The third-order valence-corrected chi connectivity index (χ3v) is 4.78. The van der Waals surface area contributed by atoms with Crippen LogP contribution in [0.15, 0.2) is 54.6 Å². The zero-order valence-electron chi connectivity index (χ0n) is 15.1. The third kappa shape index (κ3) is 5.87. The Kier molecular flexibility index (Phi) is 6.89. The van der Waals surface area contributed by atoms with Gasteiger partial charge in [0.25, 0.3) is 0 Å². The molecule has 2 aromatic rings. The fourth-order valence-corrected chi connectivity index (χ4v) is 3.19. The number of nitrogens with one attached hydrogen (secondary N) is 1. The lowest BCUT2D eigenvalue weighted by Gasteiger charge is -2.16. The molecule has 2 aromatic carbocycles. The van der Waals surface area contributed by atoms with Gasteiger partial charge in [-0.1, -0.05) is 42.5 Å². The van der Waals surface area contributed by atoms with Crippen LogP contribution in [0.2, 0.25) is 0 Å². The van der Waals surface area contributed by atoms with E-state index in [-0.39, 0.29) is 6.10 Å². The number of hydrogen-bond donors (Lipinski definition) is 1. The highest BCUT2D eigenvalue weighted by Gasteiger charge is 2.16. The second kappa shape index (κ2) is 9.59. The van der Waals surface area contributed by atoms with Crippen molar-refractivity contribution in [1.29, 1.82) is 0 Å². The van der Waals surface area contributed by atoms with Crippen molar-refractivity contribution in [3.05, 3.63) is 65.7 Å². The van der Waals surface area contributed by atoms with Gasteiger partial charge in [0.1, 0.15) is 12.4 Å². The maximum absolute atomic E-state index is 5.83. The van der Waals surface area contributed by atoms with Crippen molar-refractivity contribution in [2.45, 2.75) is 44.8 Å². The van der Waals surface area contributed by atoms with Crippen LogP contribution in [0.1, 0.15) is 43.4 Å². The largest absolute Gasteiger partial charge is 0.491 e. The topological polar surface area (TPSA) is 30.5 Å². The monoisotopic (exact) mass is 339 g/mol. The highest BCUT2D eigenvalue weighted by molar-refractivity contribution is 5.29. The molecule has 3 heteroatoms. The van der Waals surface area contributed by atoms with Crippen molar-refractivity contribution in [2.24, 2.45) is 0 Å². The molecule has 1 aliphatic rings. The summed E-state index contributed by atoms with van der Waals surface area (Å²) in [6.45, 7) is 4.77. The van der Waals surface area contributed by atoms with E-state index in [9.17, 15) is 0 Å². The summed E-state index contributed by atoms with van der Waals surface area (Å²) in [4.78, 5) is 0. The number of aryl methyl sites for hydroxylation is 1. The van der Waals surface area contributed by atoms with Crippen LogP contribution in [0.4, 0.5) is 0 Å². The molecule has 1 saturated heterocycles. The fraction of sp³-hybridized carbons (Fsp3) is 0.455. The molecule has 134 valence electrons. The van der Waals surface area contributed by atoms with E-state index in [4.69, 9.17) is 9.47 Å². The minimum Gasteiger partial charge on any atom is -0.491 e. The van der Waals surface area contributed by atoms with Gasteiger partial charge in [-0.3, -0.25) is 0 Å². The summed E-state index contributed by atoms with van der Waals surface area (Å²) >= 11 is 0. The van der Waals surface area contributed by atoms with E-state index >= 15 is 0 Å². The lowest BCUT2D eigenvalue weighted by atomic mass is 10.1. The lowest BCUT2D eigenvalue weighted by Crippen LogP contribution is -2.20. The van der Waals surface area contributed by atoms with Gasteiger partial charge in [0.05, 0.1) is 6.10 Å². The van der Waals surface area contributed by atoms with Crippen molar-refractivity contribution in [2.75, 3.05) is 19.8 Å². The van der Waals surface area contributed by atoms with E-state index in [0.29, 0.717) is 12.6 Å². The number of benzene rings is 2. The van der Waals surface area contributed by atoms with Crippen molar-refractivity contribution < 1.29 is 9.47 Å². The first-order valence-electron chi connectivity index (χ1n) is 9.43. The predicted molar refractivity (Wildman–Crippen MR) is 102 cm³/mol. The van der Waals surface area contributed by atoms with E-state index in [1.54, 1.807) is 0 Å². The number of ether oxygens (including phenoxy) is 2. The van der Waals surface area contributed by atoms with Gasteiger partial charge >= 0.3 is 0 Å². The van der Waals surface area contributed by atoms with Crippen LogP contribution >= 0.6 is 0 Å². The summed E-state index contributed by atoms with van der Waals surface area (Å²) < 4.78 is 11.4. The van der Waals surface area contributed by atoms with Crippen molar-refractivity contribution in [3.63, 3.8) is 0 Å². The Labute approximate surface area is 151 Å². The quantitative estimate of drug-likeness (QED) is 0.681. The Balaban J connectivity index is 1.37. The first kappa shape index (κ1) is 18.0. The summed E-state index contributed by atoms with van der Waals surface area (Å²) in [7, 11) is 0. The first-order valence-corrected chi connectivity index (χ1v) is 9.43. The van der Waals surface area contributed by atoms with Crippen LogP contribution in [0.3, 0.4) is 0 Å². The molecule has 0 saturated carbocycles. The van der Waals surface area contributed by atoms with Crippen molar-refractivity contribution >= 4 is 0 Å². The molecule has 0 spiro atoms. The molecule has 0 aliphatic carbocycles. The highest BCUT2D eigenvalue weighted by atomic mass is 16.5. The minimum absolute atomic E-state index is 0.268. The summed E-state index contributed by atoms with van der Waals surface area (Å²) in [6, 6.07) is 19.4. The van der Waals surface area contributed by atoms with Gasteiger partial charge < -0.3 is 14.8 Å². The van der Waals surface area contributed by atoms with E-state index in [0.717, 1.165) is 44.6 Å². The summed E-state index contributed by atoms with van der Waals surface area (Å²) in [5, 5.41) is 3.60. The molecule has 1 heterocycles. The Morgan fingerprint density at radius 1 is 1.12 bits per heavy atom. The Bertz CT molecular complexity index is 606. The molecular weight excluding hydrogens is 310 g/mol. The average Bonchev–Trinajstić information content (AvgIpc) is 3.18. The standard InChI is InChI=1S/C22H29NO2/c1-18(23-15-5-9-19-7-3-2-4-8-19)20-11-13-21(14-12-20)25-17-22-10-6-16-24-22/h2-4,7-8,11-14,18,22-23H,5-6,9-10,15-17H2,1H3. The van der Waals surface area contributed by atoms with Crippen LogP contribution in [0.25, 0.3) is 0 Å². The summed E-state index contributed by atoms with van der Waals surface area (Å²) in [5.74, 6) is 0.926. The minimum atomic E-state index is 0.268. The van der Waals surface area contributed by atoms with E-state index in [1.807, 2.05) is 0 Å². The Morgan fingerprint density at radius 2 is 1.92 bits per heavy atom. The Hall–Kier alpha value is -1.84. The molecule has 2 atom stereocenters. The van der Waals surface area contributed by atoms with Crippen LogP contribution in [-0.4, -0.2) is 25.9 Å². The van der Waals surface area contributed by atoms with Gasteiger partial charge in [-0.15, -0.1) is 0 Å². The van der Waals surface area contributed by atoms with E-state index in [1.165, 1.54) is 11.1 Å². The van der Waals surface area contributed by atoms with Crippen molar-refractivity contribution in [1.82, 2.24) is 5.32 Å². The normalized spacial score (nSPS) is 18.2. The molecule has 25 heavy (non-hydrogen) atoms. The molecule has 2 unspecified atom stereocenters. The number of rotatable bonds is 9. The average molecular weight is 339 g/mol. The first-order chi connectivity index (χ1) is 12.3. The zero-order valence-corrected chi connectivity index (χ0v) is 15.1. The lowest BCUT2D eigenvalue weighted by molar-refractivity contribution is 0.0679. The summed E-state index contributed by atoms with van der Waals surface area (Å²) in [6.07, 6.45) is 4.81. The van der Waals surface area contributed by atoms with Crippen molar-refractivity contribution in [3.8, 4) is 5.75 Å². The molecule has 3 rings (SSSR count). The molecule has 1 aliphatic heterocycles. The van der Waals surface area contributed by atoms with Gasteiger partial charge in [-0.25, -0.2) is 0 Å². The van der Waals surface area contributed by atoms with Gasteiger partial charge in [0, 0.05) is 12.6 Å². The molecular formula is C22H29NO2. The molecule has 0 bridgehead atoms. The van der Waals surface area contributed by atoms with E-state index < -0.39 is 0 Å². The van der Waals surface area contributed by atoms with Gasteiger partial charge in [0.15, 0.2) is 0 Å². The SMILES string of the molecule is CC(NCCCc1ccccc1)c1ccc(OCC2CCCO2)cc1. The molecule has 1 N–H and O–H groups in total. The molecule has 0 radical (unpaired) electrons. The molecule has 0 aromatic heterocycles. The van der Waals surface area contributed by atoms with Crippen LogP contribution in [0, 0.1) is 0 Å². The maximum Gasteiger partial charge on any atom is 0.119 e. The second-order valence-corrected chi connectivity index (χ2v) is 6.78. The van der Waals surface area contributed by atoms with Gasteiger partial charge in [-0.05, 0) is 62.4 Å².